The first kappa shape index (κ1) is 23.1. The Hall–Kier alpha value is -3.04. The van der Waals surface area contributed by atoms with E-state index in [1.165, 1.54) is 30.1 Å². The first-order valence-corrected chi connectivity index (χ1v) is 11.1. The Balaban J connectivity index is 1.56. The van der Waals surface area contributed by atoms with Gasteiger partial charge in [0.1, 0.15) is 5.82 Å². The fourth-order valence-corrected chi connectivity index (χ4v) is 4.90. The topological polar surface area (TPSA) is 60.9 Å². The zero-order valence-corrected chi connectivity index (χ0v) is 18.6. The highest BCUT2D eigenvalue weighted by molar-refractivity contribution is 7.97. The van der Waals surface area contributed by atoms with E-state index in [2.05, 4.69) is 0 Å². The largest absolute Gasteiger partial charge is 0.481 e. The maximum atomic E-state index is 14.0. The third kappa shape index (κ3) is 4.99. The molecule has 172 valence electrons. The standard InChI is InChI=1S/C24H21F3N2O3S/c1-14-16(11-22(30)31)10-15-2-3-17(25)12-19(15)23(14)24(32)28-6-8-29(9-7-28)33-18-4-5-20(26)21(27)13-18/h2-5,10,12-13H,6-9,11H2,1H3,(H,30,31). The molecule has 5 nitrogen and oxygen atoms in total. The first-order chi connectivity index (χ1) is 15.7. The van der Waals surface area contributed by atoms with Gasteiger partial charge in [-0.25, -0.2) is 17.5 Å². The minimum atomic E-state index is -1.01. The summed E-state index contributed by atoms with van der Waals surface area (Å²) in [6, 6.07) is 9.52. The molecule has 1 aliphatic rings. The van der Waals surface area contributed by atoms with Gasteiger partial charge in [-0.1, -0.05) is 12.1 Å². The zero-order chi connectivity index (χ0) is 23.7. The number of carboxylic acids is 1. The Kier molecular flexibility index (Phi) is 6.62. The van der Waals surface area contributed by atoms with Crippen LogP contribution in [0.1, 0.15) is 21.5 Å². The number of piperazine rings is 1. The first-order valence-electron chi connectivity index (χ1n) is 10.3. The number of aliphatic carboxylic acids is 1. The average molecular weight is 475 g/mol. The van der Waals surface area contributed by atoms with E-state index in [0.29, 0.717) is 58.5 Å². The van der Waals surface area contributed by atoms with Crippen LogP contribution >= 0.6 is 11.9 Å². The number of fused-ring (bicyclic) bond motifs is 1. The number of rotatable bonds is 5. The summed E-state index contributed by atoms with van der Waals surface area (Å²) in [5.74, 6) is -3.59. The minimum Gasteiger partial charge on any atom is -0.481 e. The van der Waals surface area contributed by atoms with Crippen molar-refractivity contribution in [3.63, 3.8) is 0 Å². The van der Waals surface area contributed by atoms with Crippen molar-refractivity contribution in [2.75, 3.05) is 26.2 Å². The second kappa shape index (κ2) is 9.44. The fraction of sp³-hybridized carbons (Fsp3) is 0.250. The third-order valence-electron chi connectivity index (χ3n) is 5.68. The van der Waals surface area contributed by atoms with Gasteiger partial charge in [-0.05, 0) is 71.1 Å². The molecule has 3 aromatic rings. The molecule has 4 rings (SSSR count). The summed E-state index contributed by atoms with van der Waals surface area (Å²) >= 11 is 1.29. The lowest BCUT2D eigenvalue weighted by atomic mass is 9.92. The van der Waals surface area contributed by atoms with Crippen LogP contribution in [0.25, 0.3) is 10.8 Å². The van der Waals surface area contributed by atoms with Crippen LogP contribution in [0.4, 0.5) is 13.2 Å². The number of benzene rings is 3. The van der Waals surface area contributed by atoms with Crippen LogP contribution in [0.15, 0.2) is 47.4 Å². The summed E-state index contributed by atoms with van der Waals surface area (Å²) < 4.78 is 42.6. The molecular weight excluding hydrogens is 453 g/mol. The van der Waals surface area contributed by atoms with Crippen LogP contribution in [0, 0.1) is 24.4 Å². The Morgan fingerprint density at radius 3 is 2.36 bits per heavy atom. The van der Waals surface area contributed by atoms with Crippen molar-refractivity contribution in [1.82, 2.24) is 9.21 Å². The van der Waals surface area contributed by atoms with E-state index < -0.39 is 23.4 Å². The van der Waals surface area contributed by atoms with Gasteiger partial charge in [-0.3, -0.25) is 9.59 Å². The van der Waals surface area contributed by atoms with E-state index in [0.717, 1.165) is 12.1 Å². The van der Waals surface area contributed by atoms with E-state index in [-0.39, 0.29) is 12.3 Å². The summed E-state index contributed by atoms with van der Waals surface area (Å²) in [6.45, 7) is 3.44. The van der Waals surface area contributed by atoms with Crippen molar-refractivity contribution in [2.24, 2.45) is 0 Å². The van der Waals surface area contributed by atoms with E-state index in [1.54, 1.807) is 24.0 Å². The van der Waals surface area contributed by atoms with Gasteiger partial charge in [-0.15, -0.1) is 0 Å². The maximum Gasteiger partial charge on any atom is 0.307 e. The quantitative estimate of drug-likeness (QED) is 0.545. The number of halogens is 3. The van der Waals surface area contributed by atoms with Gasteiger partial charge >= 0.3 is 5.97 Å². The van der Waals surface area contributed by atoms with E-state index >= 15 is 0 Å². The molecule has 3 aromatic carbocycles. The lowest BCUT2D eigenvalue weighted by molar-refractivity contribution is -0.136. The number of amides is 1. The van der Waals surface area contributed by atoms with Gasteiger partial charge < -0.3 is 10.0 Å². The molecule has 0 atom stereocenters. The second-order valence-corrected chi connectivity index (χ2v) is 9.03. The molecule has 0 bridgehead atoms. The Morgan fingerprint density at radius 1 is 0.970 bits per heavy atom. The van der Waals surface area contributed by atoms with Gasteiger partial charge in [0.2, 0.25) is 0 Å². The summed E-state index contributed by atoms with van der Waals surface area (Å²) in [7, 11) is 0. The number of hydrogen-bond donors (Lipinski definition) is 1. The van der Waals surface area contributed by atoms with E-state index in [4.69, 9.17) is 0 Å². The lowest BCUT2D eigenvalue weighted by Gasteiger charge is -2.34. The van der Waals surface area contributed by atoms with E-state index in [9.17, 15) is 27.9 Å². The number of carboxylic acid groups (broad SMARTS) is 1. The number of hydrogen-bond acceptors (Lipinski definition) is 4. The molecule has 0 radical (unpaired) electrons. The minimum absolute atomic E-state index is 0.238. The fourth-order valence-electron chi connectivity index (χ4n) is 3.97. The Labute approximate surface area is 192 Å². The molecule has 0 aromatic heterocycles. The molecule has 0 unspecified atom stereocenters. The molecular formula is C24H21F3N2O3S. The van der Waals surface area contributed by atoms with Crippen molar-refractivity contribution < 1.29 is 27.9 Å². The predicted molar refractivity (Wildman–Crippen MR) is 120 cm³/mol. The van der Waals surface area contributed by atoms with Crippen molar-refractivity contribution in [3.05, 3.63) is 76.6 Å². The van der Waals surface area contributed by atoms with Gasteiger partial charge in [0, 0.05) is 31.1 Å². The molecule has 1 fully saturated rings. The molecule has 1 N–H and O–H groups in total. The van der Waals surface area contributed by atoms with Gasteiger partial charge in [-0.2, -0.15) is 0 Å². The normalized spacial score (nSPS) is 14.6. The summed E-state index contributed by atoms with van der Waals surface area (Å²) in [5.41, 5.74) is 1.35. The van der Waals surface area contributed by atoms with Crippen LogP contribution in [-0.4, -0.2) is 52.4 Å². The summed E-state index contributed by atoms with van der Waals surface area (Å²) in [6.07, 6.45) is -0.238. The Bertz CT molecular complexity index is 1240. The Morgan fingerprint density at radius 2 is 1.70 bits per heavy atom. The van der Waals surface area contributed by atoms with Crippen molar-refractivity contribution in [1.29, 1.82) is 0 Å². The molecule has 0 spiro atoms. The van der Waals surface area contributed by atoms with Gasteiger partial charge in [0.25, 0.3) is 5.91 Å². The van der Waals surface area contributed by atoms with Crippen LogP contribution in [0.3, 0.4) is 0 Å². The number of nitrogens with zero attached hydrogens (tertiary/aromatic N) is 2. The number of carbonyl (C=O) groups excluding carboxylic acids is 1. The van der Waals surface area contributed by atoms with Crippen LogP contribution < -0.4 is 0 Å². The summed E-state index contributed by atoms with van der Waals surface area (Å²) in [4.78, 5) is 27.0. The molecule has 1 heterocycles. The molecule has 33 heavy (non-hydrogen) atoms. The highest BCUT2D eigenvalue weighted by Gasteiger charge is 2.27. The molecule has 1 saturated heterocycles. The summed E-state index contributed by atoms with van der Waals surface area (Å²) in [5, 5.41) is 10.3. The highest BCUT2D eigenvalue weighted by Crippen LogP contribution is 2.30. The number of carbonyl (C=O) groups is 2. The molecule has 1 aliphatic heterocycles. The maximum absolute atomic E-state index is 14.0. The molecule has 1 amide bonds. The highest BCUT2D eigenvalue weighted by atomic mass is 32.2. The SMILES string of the molecule is Cc1c(CC(=O)O)cc2ccc(F)cc2c1C(=O)N1CCN(Sc2ccc(F)c(F)c2)CC1. The van der Waals surface area contributed by atoms with Crippen molar-refractivity contribution in [3.8, 4) is 0 Å². The van der Waals surface area contributed by atoms with Crippen molar-refractivity contribution in [2.45, 2.75) is 18.2 Å². The van der Waals surface area contributed by atoms with E-state index in [1.807, 2.05) is 4.31 Å². The van der Waals surface area contributed by atoms with Crippen LogP contribution in [-0.2, 0) is 11.2 Å². The van der Waals surface area contributed by atoms with Gasteiger partial charge in [0.05, 0.1) is 12.0 Å². The smallest absolute Gasteiger partial charge is 0.307 e. The van der Waals surface area contributed by atoms with Crippen LogP contribution in [0.5, 0.6) is 0 Å². The van der Waals surface area contributed by atoms with Gasteiger partial charge in [0.15, 0.2) is 11.6 Å². The average Bonchev–Trinajstić information content (AvgIpc) is 2.77. The molecule has 0 aliphatic carbocycles. The zero-order valence-electron chi connectivity index (χ0n) is 17.8. The monoisotopic (exact) mass is 474 g/mol. The van der Waals surface area contributed by atoms with Crippen molar-refractivity contribution >= 4 is 34.6 Å². The lowest BCUT2D eigenvalue weighted by Crippen LogP contribution is -2.46. The second-order valence-electron chi connectivity index (χ2n) is 7.86. The van der Waals surface area contributed by atoms with Crippen LogP contribution in [0.2, 0.25) is 0 Å². The molecule has 9 heteroatoms. The molecule has 0 saturated carbocycles. The third-order valence-corrected chi connectivity index (χ3v) is 6.77. The predicted octanol–water partition coefficient (Wildman–Crippen LogP) is 4.66.